The lowest BCUT2D eigenvalue weighted by molar-refractivity contribution is -0.129. The summed E-state index contributed by atoms with van der Waals surface area (Å²) in [4.78, 5) is 13.4. The number of carbonyl (C=O) groups excluding carboxylic acids is 1. The summed E-state index contributed by atoms with van der Waals surface area (Å²) in [5.41, 5.74) is 0. The van der Waals surface area contributed by atoms with E-state index in [1.54, 1.807) is 17.0 Å². The molecule has 1 heterocycles. The maximum Gasteiger partial charge on any atom is 0.219 e. The fraction of sp³-hybridized carbons (Fsp3) is 0.500. The lowest BCUT2D eigenvalue weighted by atomic mass is 10.3. The summed E-state index contributed by atoms with van der Waals surface area (Å²) in [7, 11) is -3.21. The molecule has 1 unspecified atom stereocenters. The van der Waals surface area contributed by atoms with Crippen LogP contribution in [0.5, 0.6) is 5.75 Å². The summed E-state index contributed by atoms with van der Waals surface area (Å²) < 4.78 is 34.0. The third kappa shape index (κ3) is 4.44. The van der Waals surface area contributed by atoms with Crippen molar-refractivity contribution in [2.24, 2.45) is 0 Å². The SMILES string of the molecule is CC(=O)N1CCOCC(Oc2ccc(S(C)(=O)=O)cc2)C1. The summed E-state index contributed by atoms with van der Waals surface area (Å²) in [6.45, 7) is 3.43. The molecule has 1 fully saturated rings. The van der Waals surface area contributed by atoms with Crippen LogP contribution in [0.1, 0.15) is 6.92 Å². The maximum absolute atomic E-state index is 11.5. The van der Waals surface area contributed by atoms with Gasteiger partial charge in [-0.15, -0.1) is 0 Å². The number of carbonyl (C=O) groups is 1. The van der Waals surface area contributed by atoms with E-state index in [-0.39, 0.29) is 16.9 Å². The lowest BCUT2D eigenvalue weighted by Crippen LogP contribution is -2.38. The number of ether oxygens (including phenoxy) is 2. The maximum atomic E-state index is 11.5. The molecule has 2 rings (SSSR count). The Bertz CT molecular complexity index is 596. The van der Waals surface area contributed by atoms with Crippen LogP contribution in [-0.4, -0.2) is 57.9 Å². The molecular formula is C14H19NO5S. The van der Waals surface area contributed by atoms with Crippen LogP contribution < -0.4 is 4.74 Å². The van der Waals surface area contributed by atoms with Crippen LogP contribution >= 0.6 is 0 Å². The zero-order valence-corrected chi connectivity index (χ0v) is 12.9. The van der Waals surface area contributed by atoms with Crippen molar-refractivity contribution in [3.05, 3.63) is 24.3 Å². The molecular weight excluding hydrogens is 294 g/mol. The summed E-state index contributed by atoms with van der Waals surface area (Å²) in [5.74, 6) is 0.544. The van der Waals surface area contributed by atoms with Gasteiger partial charge in [-0.3, -0.25) is 4.79 Å². The van der Waals surface area contributed by atoms with Crippen molar-refractivity contribution >= 4 is 15.7 Å². The molecule has 0 N–H and O–H groups in total. The van der Waals surface area contributed by atoms with Gasteiger partial charge in [0.2, 0.25) is 5.91 Å². The molecule has 21 heavy (non-hydrogen) atoms. The molecule has 0 radical (unpaired) electrons. The molecule has 0 bridgehead atoms. The second-order valence-electron chi connectivity index (χ2n) is 5.02. The van der Waals surface area contributed by atoms with Gasteiger partial charge in [-0.25, -0.2) is 8.42 Å². The Morgan fingerprint density at radius 1 is 1.33 bits per heavy atom. The largest absolute Gasteiger partial charge is 0.486 e. The normalized spacial score (nSPS) is 19.9. The van der Waals surface area contributed by atoms with Gasteiger partial charge in [-0.05, 0) is 24.3 Å². The smallest absolute Gasteiger partial charge is 0.219 e. The highest BCUT2D eigenvalue weighted by atomic mass is 32.2. The first-order valence-corrected chi connectivity index (χ1v) is 8.55. The van der Waals surface area contributed by atoms with Gasteiger partial charge in [0.05, 0.1) is 24.7 Å². The van der Waals surface area contributed by atoms with Crippen molar-refractivity contribution in [3.8, 4) is 5.75 Å². The molecule has 0 saturated carbocycles. The number of hydrogen-bond acceptors (Lipinski definition) is 5. The predicted molar refractivity (Wildman–Crippen MR) is 77.0 cm³/mol. The highest BCUT2D eigenvalue weighted by Crippen LogP contribution is 2.18. The second-order valence-corrected chi connectivity index (χ2v) is 7.04. The van der Waals surface area contributed by atoms with E-state index in [9.17, 15) is 13.2 Å². The number of sulfone groups is 1. The number of benzene rings is 1. The molecule has 0 aromatic heterocycles. The molecule has 1 aliphatic heterocycles. The van der Waals surface area contributed by atoms with Gasteiger partial charge in [-0.2, -0.15) is 0 Å². The molecule has 1 amide bonds. The van der Waals surface area contributed by atoms with Crippen molar-refractivity contribution in [2.45, 2.75) is 17.9 Å². The Morgan fingerprint density at radius 2 is 2.00 bits per heavy atom. The number of rotatable bonds is 3. The van der Waals surface area contributed by atoms with Gasteiger partial charge in [0.25, 0.3) is 0 Å². The van der Waals surface area contributed by atoms with Crippen molar-refractivity contribution in [1.29, 1.82) is 0 Å². The standard InChI is InChI=1S/C14H19NO5S/c1-11(16)15-7-8-19-10-13(9-15)20-12-3-5-14(6-4-12)21(2,17)18/h3-6,13H,7-10H2,1-2H3. The van der Waals surface area contributed by atoms with E-state index < -0.39 is 9.84 Å². The first kappa shape index (κ1) is 15.8. The average molecular weight is 313 g/mol. The van der Waals surface area contributed by atoms with Crippen LogP contribution in [0.25, 0.3) is 0 Å². The van der Waals surface area contributed by atoms with E-state index in [0.29, 0.717) is 32.1 Å². The number of hydrogen-bond donors (Lipinski definition) is 0. The Labute approximate surface area is 124 Å². The fourth-order valence-corrected chi connectivity index (χ4v) is 2.72. The van der Waals surface area contributed by atoms with Crippen LogP contribution in [-0.2, 0) is 19.4 Å². The minimum absolute atomic E-state index is 0.0125. The quantitative estimate of drug-likeness (QED) is 0.822. The third-order valence-electron chi connectivity index (χ3n) is 3.23. The summed E-state index contributed by atoms with van der Waals surface area (Å²) in [5, 5.41) is 0. The van der Waals surface area contributed by atoms with E-state index in [2.05, 4.69) is 0 Å². The molecule has 1 aromatic carbocycles. The number of amides is 1. The number of nitrogens with zero attached hydrogens (tertiary/aromatic N) is 1. The minimum Gasteiger partial charge on any atom is -0.486 e. The average Bonchev–Trinajstić information content (AvgIpc) is 2.64. The molecule has 0 spiro atoms. The molecule has 116 valence electrons. The van der Waals surface area contributed by atoms with E-state index in [0.717, 1.165) is 6.26 Å². The van der Waals surface area contributed by atoms with Gasteiger partial charge in [0, 0.05) is 19.7 Å². The second kappa shape index (κ2) is 6.44. The van der Waals surface area contributed by atoms with E-state index >= 15 is 0 Å². The van der Waals surface area contributed by atoms with Crippen LogP contribution in [0.3, 0.4) is 0 Å². The van der Waals surface area contributed by atoms with E-state index in [1.807, 2.05) is 0 Å². The van der Waals surface area contributed by atoms with Gasteiger partial charge in [0.15, 0.2) is 9.84 Å². The highest BCUT2D eigenvalue weighted by Gasteiger charge is 2.21. The van der Waals surface area contributed by atoms with Gasteiger partial charge in [0.1, 0.15) is 11.9 Å². The highest BCUT2D eigenvalue weighted by molar-refractivity contribution is 7.90. The monoisotopic (exact) mass is 313 g/mol. The molecule has 7 heteroatoms. The summed E-state index contributed by atoms with van der Waals surface area (Å²) in [6.07, 6.45) is 0.896. The van der Waals surface area contributed by atoms with Crippen LogP contribution in [0.4, 0.5) is 0 Å². The van der Waals surface area contributed by atoms with Gasteiger partial charge < -0.3 is 14.4 Å². The zero-order chi connectivity index (χ0) is 15.5. The first-order chi connectivity index (χ1) is 9.86. The van der Waals surface area contributed by atoms with Crippen molar-refractivity contribution in [2.75, 3.05) is 32.6 Å². The fourth-order valence-electron chi connectivity index (χ4n) is 2.09. The Balaban J connectivity index is 2.04. The van der Waals surface area contributed by atoms with Crippen molar-refractivity contribution in [1.82, 2.24) is 4.90 Å². The van der Waals surface area contributed by atoms with Crippen LogP contribution in [0, 0.1) is 0 Å². The minimum atomic E-state index is -3.21. The first-order valence-electron chi connectivity index (χ1n) is 6.66. The van der Waals surface area contributed by atoms with Gasteiger partial charge in [-0.1, -0.05) is 0 Å². The van der Waals surface area contributed by atoms with Crippen LogP contribution in [0.2, 0.25) is 0 Å². The molecule has 1 saturated heterocycles. The van der Waals surface area contributed by atoms with Crippen LogP contribution in [0.15, 0.2) is 29.2 Å². The molecule has 1 atom stereocenters. The zero-order valence-electron chi connectivity index (χ0n) is 12.1. The summed E-state index contributed by atoms with van der Waals surface area (Å²) in [6, 6.07) is 6.23. The van der Waals surface area contributed by atoms with E-state index in [4.69, 9.17) is 9.47 Å². The Hall–Kier alpha value is -1.60. The Kier molecular flexibility index (Phi) is 4.84. The molecule has 0 aliphatic carbocycles. The predicted octanol–water partition coefficient (Wildman–Crippen LogP) is 0.716. The third-order valence-corrected chi connectivity index (χ3v) is 4.36. The summed E-state index contributed by atoms with van der Waals surface area (Å²) >= 11 is 0. The van der Waals surface area contributed by atoms with Gasteiger partial charge >= 0.3 is 0 Å². The topological polar surface area (TPSA) is 72.9 Å². The van der Waals surface area contributed by atoms with E-state index in [1.165, 1.54) is 19.1 Å². The molecule has 6 nitrogen and oxygen atoms in total. The Morgan fingerprint density at radius 3 is 2.57 bits per heavy atom. The lowest BCUT2D eigenvalue weighted by Gasteiger charge is -2.23. The molecule has 1 aromatic rings. The molecule has 1 aliphatic rings. The van der Waals surface area contributed by atoms with Crippen molar-refractivity contribution in [3.63, 3.8) is 0 Å². The van der Waals surface area contributed by atoms with Crippen molar-refractivity contribution < 1.29 is 22.7 Å².